The first-order chi connectivity index (χ1) is 12.5. The Hall–Kier alpha value is -1.59. The average molecular weight is 379 g/mol. The van der Waals surface area contributed by atoms with Crippen LogP contribution in [0, 0.1) is 5.92 Å². The van der Waals surface area contributed by atoms with Crippen molar-refractivity contribution in [2.24, 2.45) is 5.92 Å². The summed E-state index contributed by atoms with van der Waals surface area (Å²) in [7, 11) is 0. The largest absolute Gasteiger partial charge is 0.476 e. The molecule has 1 fully saturated rings. The number of nitrogens with zero attached hydrogens (tertiary/aromatic N) is 1. The molecule has 0 unspecified atom stereocenters. The minimum absolute atomic E-state index is 0.0269. The minimum Gasteiger partial charge on any atom is -0.476 e. The van der Waals surface area contributed by atoms with E-state index in [9.17, 15) is 4.79 Å². The summed E-state index contributed by atoms with van der Waals surface area (Å²) in [5, 5.41) is 3.44. The number of aromatic nitrogens is 1. The van der Waals surface area contributed by atoms with Gasteiger partial charge in [0.25, 0.3) is 0 Å². The van der Waals surface area contributed by atoms with Crippen molar-refractivity contribution in [3.8, 4) is 5.88 Å². The molecule has 1 saturated carbocycles. The van der Waals surface area contributed by atoms with Crippen molar-refractivity contribution in [1.82, 2.24) is 10.3 Å². The second-order valence-corrected chi connectivity index (χ2v) is 7.68. The maximum atomic E-state index is 11.0. The topological polar surface area (TPSA) is 60.5 Å². The highest BCUT2D eigenvalue weighted by atomic mass is 35.5. The van der Waals surface area contributed by atoms with Crippen LogP contribution >= 0.6 is 11.6 Å². The molecule has 0 radical (unpaired) electrons. The predicted octanol–water partition coefficient (Wildman–Crippen LogP) is 4.00. The fourth-order valence-corrected chi connectivity index (χ4v) is 3.79. The SMILES string of the molecule is CC(=O)N[C@@H](C)COC1CC(COc2nccc(C3=CCCC3)c2Cl)C1. The maximum Gasteiger partial charge on any atom is 0.233 e. The van der Waals surface area contributed by atoms with E-state index in [1.807, 2.05) is 13.0 Å². The molecule has 3 rings (SSSR count). The summed E-state index contributed by atoms with van der Waals surface area (Å²) in [6.07, 6.45) is 9.58. The van der Waals surface area contributed by atoms with Gasteiger partial charge in [-0.25, -0.2) is 4.98 Å². The third-order valence-electron chi connectivity index (χ3n) is 4.92. The van der Waals surface area contributed by atoms with Crippen LogP contribution in [-0.4, -0.2) is 36.3 Å². The zero-order valence-electron chi connectivity index (χ0n) is 15.5. The molecule has 5 nitrogen and oxygen atoms in total. The summed E-state index contributed by atoms with van der Waals surface area (Å²) >= 11 is 6.50. The lowest BCUT2D eigenvalue weighted by Gasteiger charge is -2.35. The molecule has 1 N–H and O–H groups in total. The van der Waals surface area contributed by atoms with Gasteiger partial charge in [-0.1, -0.05) is 17.7 Å². The number of carbonyl (C=O) groups is 1. The van der Waals surface area contributed by atoms with Gasteiger partial charge in [-0.3, -0.25) is 4.79 Å². The van der Waals surface area contributed by atoms with E-state index in [0.29, 0.717) is 30.0 Å². The average Bonchev–Trinajstić information content (AvgIpc) is 3.07. The van der Waals surface area contributed by atoms with Gasteiger partial charge in [-0.15, -0.1) is 0 Å². The molecule has 6 heteroatoms. The molecule has 2 aliphatic carbocycles. The van der Waals surface area contributed by atoms with E-state index in [1.54, 1.807) is 6.20 Å². The number of hydrogen-bond donors (Lipinski definition) is 1. The third kappa shape index (κ3) is 4.98. The molecule has 1 amide bonds. The van der Waals surface area contributed by atoms with Gasteiger partial charge in [0.05, 0.1) is 19.3 Å². The number of nitrogens with one attached hydrogen (secondary N) is 1. The molecule has 0 spiro atoms. The highest BCUT2D eigenvalue weighted by Gasteiger charge is 2.31. The number of ether oxygens (including phenoxy) is 2. The van der Waals surface area contributed by atoms with Crippen molar-refractivity contribution in [2.45, 2.75) is 58.1 Å². The second kappa shape index (κ2) is 8.87. The zero-order valence-corrected chi connectivity index (χ0v) is 16.2. The molecule has 0 saturated heterocycles. The Bertz CT molecular complexity index is 671. The normalized spacial score (nSPS) is 23.1. The van der Waals surface area contributed by atoms with Crippen LogP contribution < -0.4 is 10.1 Å². The fourth-order valence-electron chi connectivity index (χ4n) is 3.50. The van der Waals surface area contributed by atoms with Crippen LogP contribution in [0.3, 0.4) is 0 Å². The van der Waals surface area contributed by atoms with Crippen molar-refractivity contribution in [3.63, 3.8) is 0 Å². The number of carbonyl (C=O) groups excluding carboxylic acids is 1. The van der Waals surface area contributed by atoms with Crippen LogP contribution in [0.2, 0.25) is 5.02 Å². The van der Waals surface area contributed by atoms with Gasteiger partial charge in [0.1, 0.15) is 5.02 Å². The smallest absolute Gasteiger partial charge is 0.233 e. The van der Waals surface area contributed by atoms with E-state index in [0.717, 1.165) is 31.2 Å². The molecule has 1 heterocycles. The van der Waals surface area contributed by atoms with E-state index in [2.05, 4.69) is 16.4 Å². The molecule has 26 heavy (non-hydrogen) atoms. The molecule has 0 aliphatic heterocycles. The Balaban J connectivity index is 1.41. The Morgan fingerprint density at radius 3 is 2.96 bits per heavy atom. The lowest BCUT2D eigenvalue weighted by molar-refractivity contribution is -0.120. The first kappa shape index (κ1) is 19.2. The molecule has 0 bridgehead atoms. The number of pyridine rings is 1. The fraction of sp³-hybridized carbons (Fsp3) is 0.600. The van der Waals surface area contributed by atoms with Crippen LogP contribution in [0.1, 0.15) is 51.5 Å². The summed E-state index contributed by atoms with van der Waals surface area (Å²) in [6, 6.07) is 2.01. The van der Waals surface area contributed by atoms with Gasteiger partial charge in [0.15, 0.2) is 0 Å². The number of hydrogen-bond acceptors (Lipinski definition) is 4. The molecule has 142 valence electrons. The van der Waals surface area contributed by atoms with Crippen LogP contribution in [0.15, 0.2) is 18.3 Å². The molecule has 1 aromatic heterocycles. The number of halogens is 1. The molecule has 1 atom stereocenters. The highest BCUT2D eigenvalue weighted by Crippen LogP contribution is 2.37. The quantitative estimate of drug-likeness (QED) is 0.742. The number of rotatable bonds is 8. The Kier molecular flexibility index (Phi) is 6.54. The Morgan fingerprint density at radius 1 is 1.46 bits per heavy atom. The van der Waals surface area contributed by atoms with Gasteiger partial charge >= 0.3 is 0 Å². The molecule has 1 aromatic rings. The van der Waals surface area contributed by atoms with Crippen molar-refractivity contribution in [3.05, 3.63) is 28.9 Å². The first-order valence-electron chi connectivity index (χ1n) is 9.38. The van der Waals surface area contributed by atoms with Gasteiger partial charge < -0.3 is 14.8 Å². The van der Waals surface area contributed by atoms with Crippen molar-refractivity contribution >= 4 is 23.1 Å². The van der Waals surface area contributed by atoms with E-state index < -0.39 is 0 Å². The second-order valence-electron chi connectivity index (χ2n) is 7.30. The van der Waals surface area contributed by atoms with Crippen LogP contribution in [0.4, 0.5) is 0 Å². The van der Waals surface area contributed by atoms with E-state index in [-0.39, 0.29) is 18.1 Å². The van der Waals surface area contributed by atoms with Crippen molar-refractivity contribution in [1.29, 1.82) is 0 Å². The first-order valence-corrected chi connectivity index (χ1v) is 9.76. The standard InChI is InChI=1S/C20H27ClN2O3/c1-13(23-14(2)24)11-25-17-9-15(10-17)12-26-20-19(21)18(7-8-22-20)16-5-3-4-6-16/h5,7-8,13,15,17H,3-4,6,9-12H2,1-2H3,(H,23,24)/t13-,15?,17?/m0/s1. The third-order valence-corrected chi connectivity index (χ3v) is 5.29. The van der Waals surface area contributed by atoms with Crippen LogP contribution in [-0.2, 0) is 9.53 Å². The number of allylic oxidation sites excluding steroid dienone is 2. The summed E-state index contributed by atoms with van der Waals surface area (Å²) < 4.78 is 11.7. The molecule has 2 aliphatic rings. The van der Waals surface area contributed by atoms with Crippen LogP contribution in [0.5, 0.6) is 5.88 Å². The lowest BCUT2D eigenvalue weighted by atomic mass is 9.83. The molecule has 0 aromatic carbocycles. The highest BCUT2D eigenvalue weighted by molar-refractivity contribution is 6.33. The van der Waals surface area contributed by atoms with E-state index >= 15 is 0 Å². The lowest BCUT2D eigenvalue weighted by Crippen LogP contribution is -2.40. The van der Waals surface area contributed by atoms with Gasteiger partial charge in [0.2, 0.25) is 11.8 Å². The van der Waals surface area contributed by atoms with Gasteiger partial charge in [-0.05, 0) is 56.6 Å². The summed E-state index contributed by atoms with van der Waals surface area (Å²) in [4.78, 5) is 15.3. The number of amides is 1. The molecular weight excluding hydrogens is 352 g/mol. The minimum atomic E-state index is -0.0269. The Morgan fingerprint density at radius 2 is 2.27 bits per heavy atom. The summed E-state index contributed by atoms with van der Waals surface area (Å²) in [6.45, 7) is 4.62. The zero-order chi connectivity index (χ0) is 18.5. The monoisotopic (exact) mass is 378 g/mol. The predicted molar refractivity (Wildman–Crippen MR) is 102 cm³/mol. The maximum absolute atomic E-state index is 11.0. The van der Waals surface area contributed by atoms with Gasteiger partial charge in [-0.2, -0.15) is 0 Å². The molecular formula is C20H27ClN2O3. The summed E-state index contributed by atoms with van der Waals surface area (Å²) in [5.74, 6) is 0.963. The van der Waals surface area contributed by atoms with Crippen molar-refractivity contribution in [2.75, 3.05) is 13.2 Å². The van der Waals surface area contributed by atoms with E-state index in [1.165, 1.54) is 18.9 Å². The van der Waals surface area contributed by atoms with E-state index in [4.69, 9.17) is 21.1 Å². The Labute approximate surface area is 160 Å². The van der Waals surface area contributed by atoms with Gasteiger partial charge in [0, 0.05) is 24.7 Å². The summed E-state index contributed by atoms with van der Waals surface area (Å²) in [5.41, 5.74) is 2.35. The van der Waals surface area contributed by atoms with Crippen LogP contribution in [0.25, 0.3) is 5.57 Å². The van der Waals surface area contributed by atoms with Crippen molar-refractivity contribution < 1.29 is 14.3 Å².